The maximum absolute atomic E-state index is 12.4. The fourth-order valence-corrected chi connectivity index (χ4v) is 3.04. The molecule has 0 saturated carbocycles. The van der Waals surface area contributed by atoms with E-state index in [0.29, 0.717) is 16.2 Å². The van der Waals surface area contributed by atoms with Crippen molar-refractivity contribution in [1.82, 2.24) is 10.3 Å². The molecular weight excluding hydrogens is 468 g/mol. The summed E-state index contributed by atoms with van der Waals surface area (Å²) in [4.78, 5) is 32.1. The van der Waals surface area contributed by atoms with Crippen molar-refractivity contribution in [2.75, 3.05) is 6.54 Å². The fraction of sp³-hybridized carbons (Fsp3) is 0.385. The Morgan fingerprint density at radius 1 is 1.29 bits per heavy atom. The number of rotatable bonds is 9. The summed E-state index contributed by atoms with van der Waals surface area (Å²) in [5.41, 5.74) is 7.10. The van der Waals surface area contributed by atoms with Crippen LogP contribution in [-0.2, 0) is 4.79 Å². The Balaban J connectivity index is 0.00000298. The van der Waals surface area contributed by atoms with E-state index in [1.165, 1.54) is 32.3 Å². The molecule has 1 atom stereocenters. The number of nitrogens with two attached hydrogens (primary N) is 1. The van der Waals surface area contributed by atoms with Crippen LogP contribution in [0.2, 0.25) is 5.02 Å². The second-order valence-electron chi connectivity index (χ2n) is 8.36. The summed E-state index contributed by atoms with van der Waals surface area (Å²) in [5, 5.41) is 22.6. The lowest BCUT2D eigenvalue weighted by molar-refractivity contribution is -0.146. The minimum atomic E-state index is -1.16. The summed E-state index contributed by atoms with van der Waals surface area (Å²) in [6, 6.07) is 6.84. The first-order valence-electron chi connectivity index (χ1n) is 11.5. The standard InChI is InChI=1S/C24H29ClN4O4.C2H6/c1-5-14(2)18-9-17(25)6-7-19(18)27-12-16(10-26)15-8-20(30)21(28-11-15)22(31)29-13-24(3,4)23(32)33;1-2/h6-12,14,30H,5,13,26H2,1-4H3,(H,29,31)(H,32,33);1-2H3/b16-10+,27-12?;. The largest absolute Gasteiger partial charge is 0.505 e. The summed E-state index contributed by atoms with van der Waals surface area (Å²) in [5.74, 6) is -1.84. The van der Waals surface area contributed by atoms with Crippen LogP contribution in [0.4, 0.5) is 5.69 Å². The molecule has 35 heavy (non-hydrogen) atoms. The van der Waals surface area contributed by atoms with Gasteiger partial charge >= 0.3 is 5.97 Å². The number of hydrogen-bond acceptors (Lipinski definition) is 6. The van der Waals surface area contributed by atoms with Gasteiger partial charge in [-0.2, -0.15) is 0 Å². The van der Waals surface area contributed by atoms with Crippen molar-refractivity contribution in [3.8, 4) is 5.75 Å². The molecular formula is C26H35ClN4O4. The van der Waals surface area contributed by atoms with Gasteiger partial charge in [0.05, 0.1) is 11.1 Å². The highest BCUT2D eigenvalue weighted by atomic mass is 35.5. The number of pyridine rings is 1. The molecule has 0 bridgehead atoms. The zero-order valence-corrected chi connectivity index (χ0v) is 21.8. The molecule has 190 valence electrons. The van der Waals surface area contributed by atoms with Gasteiger partial charge in [0.1, 0.15) is 5.75 Å². The number of carbonyl (C=O) groups excluding carboxylic acids is 1. The van der Waals surface area contributed by atoms with Crippen molar-refractivity contribution in [1.29, 1.82) is 0 Å². The third-order valence-electron chi connectivity index (χ3n) is 5.34. The lowest BCUT2D eigenvalue weighted by atomic mass is 9.94. The van der Waals surface area contributed by atoms with E-state index in [1.807, 2.05) is 26.0 Å². The number of aliphatic carboxylic acids is 1. The number of benzene rings is 1. The number of allylic oxidation sites excluding steroid dienone is 1. The summed E-state index contributed by atoms with van der Waals surface area (Å²) in [6.45, 7) is 11.0. The Hall–Kier alpha value is -3.39. The van der Waals surface area contributed by atoms with Gasteiger partial charge < -0.3 is 21.3 Å². The molecule has 1 aromatic carbocycles. The number of aliphatic imine (C=N–C) groups is 1. The molecule has 1 amide bonds. The first-order valence-corrected chi connectivity index (χ1v) is 11.8. The van der Waals surface area contributed by atoms with E-state index < -0.39 is 17.3 Å². The van der Waals surface area contributed by atoms with Crippen LogP contribution >= 0.6 is 11.6 Å². The van der Waals surface area contributed by atoms with Crippen LogP contribution in [0, 0.1) is 5.41 Å². The van der Waals surface area contributed by atoms with Crippen molar-refractivity contribution in [2.45, 2.75) is 53.9 Å². The number of aromatic hydroxyl groups is 1. The minimum Gasteiger partial charge on any atom is -0.505 e. The number of carbonyl (C=O) groups is 2. The third kappa shape index (κ3) is 8.10. The highest BCUT2D eigenvalue weighted by molar-refractivity contribution is 6.30. The molecule has 1 aromatic heterocycles. The number of hydrogen-bond donors (Lipinski definition) is 4. The van der Waals surface area contributed by atoms with Crippen molar-refractivity contribution in [3.63, 3.8) is 0 Å². The number of halogens is 1. The van der Waals surface area contributed by atoms with Crippen LogP contribution in [0.3, 0.4) is 0 Å². The molecule has 0 aliphatic carbocycles. The lowest BCUT2D eigenvalue weighted by Crippen LogP contribution is -2.39. The Labute approximate surface area is 211 Å². The highest BCUT2D eigenvalue weighted by Gasteiger charge is 2.28. The molecule has 5 N–H and O–H groups in total. The monoisotopic (exact) mass is 502 g/mol. The Morgan fingerprint density at radius 2 is 1.94 bits per heavy atom. The van der Waals surface area contributed by atoms with Crippen LogP contribution in [0.15, 0.2) is 41.7 Å². The Kier molecular flexibility index (Phi) is 11.4. The second kappa shape index (κ2) is 13.5. The number of aromatic nitrogens is 1. The summed E-state index contributed by atoms with van der Waals surface area (Å²) >= 11 is 6.14. The van der Waals surface area contributed by atoms with Crippen molar-refractivity contribution < 1.29 is 19.8 Å². The topological polar surface area (TPSA) is 138 Å². The number of carboxylic acid groups (broad SMARTS) is 1. The van der Waals surface area contributed by atoms with E-state index in [4.69, 9.17) is 22.4 Å². The number of carboxylic acids is 1. The predicted molar refractivity (Wildman–Crippen MR) is 141 cm³/mol. The van der Waals surface area contributed by atoms with E-state index in [0.717, 1.165) is 17.7 Å². The number of nitrogens with one attached hydrogen (secondary N) is 1. The van der Waals surface area contributed by atoms with Gasteiger partial charge in [-0.05, 0) is 56.0 Å². The van der Waals surface area contributed by atoms with E-state index in [9.17, 15) is 14.7 Å². The Morgan fingerprint density at radius 3 is 2.49 bits per heavy atom. The fourth-order valence-electron chi connectivity index (χ4n) is 2.86. The average molecular weight is 503 g/mol. The van der Waals surface area contributed by atoms with Crippen molar-refractivity contribution in [3.05, 3.63) is 58.5 Å². The van der Waals surface area contributed by atoms with E-state index in [-0.39, 0.29) is 23.9 Å². The molecule has 0 fully saturated rings. The maximum atomic E-state index is 12.4. The van der Waals surface area contributed by atoms with Crippen molar-refractivity contribution >= 4 is 41.0 Å². The molecule has 8 nitrogen and oxygen atoms in total. The van der Waals surface area contributed by atoms with Gasteiger partial charge in [-0.25, -0.2) is 4.98 Å². The van der Waals surface area contributed by atoms with Crippen LogP contribution in [0.1, 0.15) is 75.5 Å². The molecule has 1 heterocycles. The van der Waals surface area contributed by atoms with E-state index in [2.05, 4.69) is 29.1 Å². The number of amides is 1. The van der Waals surface area contributed by atoms with Gasteiger partial charge in [0.15, 0.2) is 5.69 Å². The van der Waals surface area contributed by atoms with Crippen LogP contribution in [0.5, 0.6) is 5.75 Å². The van der Waals surface area contributed by atoms with Gasteiger partial charge in [-0.1, -0.05) is 39.3 Å². The maximum Gasteiger partial charge on any atom is 0.310 e. The lowest BCUT2D eigenvalue weighted by Gasteiger charge is -2.19. The van der Waals surface area contributed by atoms with Crippen LogP contribution < -0.4 is 11.1 Å². The summed E-state index contributed by atoms with van der Waals surface area (Å²) in [7, 11) is 0. The molecule has 0 aliphatic heterocycles. The quantitative estimate of drug-likeness (QED) is 0.333. The minimum absolute atomic E-state index is 0.121. The molecule has 0 spiro atoms. The highest BCUT2D eigenvalue weighted by Crippen LogP contribution is 2.32. The Bertz CT molecular complexity index is 1100. The number of nitrogens with zero attached hydrogens (tertiary/aromatic N) is 2. The van der Waals surface area contributed by atoms with Gasteiger partial charge in [-0.3, -0.25) is 14.6 Å². The molecule has 0 radical (unpaired) electrons. The molecule has 0 saturated heterocycles. The molecule has 0 aliphatic rings. The SMILES string of the molecule is CC.CCC(C)c1cc(Cl)ccc1N=C/C(=C\N)c1cnc(C(=O)NCC(C)(C)C(=O)O)c(O)c1. The summed E-state index contributed by atoms with van der Waals surface area (Å²) < 4.78 is 0. The van der Waals surface area contributed by atoms with Gasteiger partial charge in [0, 0.05) is 41.3 Å². The van der Waals surface area contributed by atoms with Gasteiger partial charge in [0.2, 0.25) is 0 Å². The summed E-state index contributed by atoms with van der Waals surface area (Å²) in [6.07, 6.45) is 5.20. The smallest absolute Gasteiger partial charge is 0.310 e. The van der Waals surface area contributed by atoms with Crippen LogP contribution in [-0.4, -0.2) is 39.8 Å². The predicted octanol–water partition coefficient (Wildman–Crippen LogP) is 5.52. The van der Waals surface area contributed by atoms with Crippen LogP contribution in [0.25, 0.3) is 5.57 Å². The first-order chi connectivity index (χ1) is 16.5. The van der Waals surface area contributed by atoms with E-state index in [1.54, 1.807) is 12.3 Å². The van der Waals surface area contributed by atoms with Gasteiger partial charge in [-0.15, -0.1) is 0 Å². The zero-order valence-electron chi connectivity index (χ0n) is 21.1. The third-order valence-corrected chi connectivity index (χ3v) is 5.58. The molecule has 2 rings (SSSR count). The van der Waals surface area contributed by atoms with Crippen molar-refractivity contribution in [2.24, 2.45) is 16.1 Å². The zero-order chi connectivity index (χ0) is 26.8. The molecule has 9 heteroatoms. The molecule has 2 aromatic rings. The average Bonchev–Trinajstić information content (AvgIpc) is 2.84. The normalized spacial score (nSPS) is 12.6. The first kappa shape index (κ1) is 29.6. The van der Waals surface area contributed by atoms with E-state index >= 15 is 0 Å². The molecule has 1 unspecified atom stereocenters. The second-order valence-corrected chi connectivity index (χ2v) is 8.79. The van der Waals surface area contributed by atoms with Gasteiger partial charge in [0.25, 0.3) is 5.91 Å².